The summed E-state index contributed by atoms with van der Waals surface area (Å²) in [5.74, 6) is 1.37. The van der Waals surface area contributed by atoms with Crippen molar-refractivity contribution >= 4 is 0 Å². The largest absolute Gasteiger partial charge is 0.469 e. The normalized spacial score (nSPS) is 34.6. The predicted octanol–water partition coefficient (Wildman–Crippen LogP) is 1.80. The van der Waals surface area contributed by atoms with Gasteiger partial charge in [0.1, 0.15) is 12.0 Å². The van der Waals surface area contributed by atoms with Gasteiger partial charge in [-0.1, -0.05) is 0 Å². The molecule has 0 spiro atoms. The van der Waals surface area contributed by atoms with Gasteiger partial charge in [0.2, 0.25) is 0 Å². The van der Waals surface area contributed by atoms with E-state index in [2.05, 4.69) is 6.92 Å². The number of likely N-dealkylation sites (tertiary alicyclic amines) is 1. The van der Waals surface area contributed by atoms with Gasteiger partial charge in [-0.05, 0) is 38.9 Å². The van der Waals surface area contributed by atoms with E-state index in [9.17, 15) is 5.11 Å². The van der Waals surface area contributed by atoms with Crippen LogP contribution >= 0.6 is 0 Å². The third-order valence-corrected chi connectivity index (χ3v) is 3.23. The van der Waals surface area contributed by atoms with Crippen LogP contribution in [0.1, 0.15) is 31.4 Å². The Morgan fingerprint density at radius 2 is 2.29 bits per heavy atom. The van der Waals surface area contributed by atoms with E-state index in [0.29, 0.717) is 12.0 Å². The first kappa shape index (κ1) is 9.74. The molecule has 1 aromatic rings. The molecule has 0 saturated carbocycles. The van der Waals surface area contributed by atoms with Gasteiger partial charge in [0.25, 0.3) is 0 Å². The van der Waals surface area contributed by atoms with Crippen LogP contribution in [0.15, 0.2) is 22.8 Å². The third kappa shape index (κ3) is 1.70. The Balaban J connectivity index is 2.10. The number of hydrogen-bond donors (Lipinski definition) is 1. The average molecular weight is 195 g/mol. The highest BCUT2D eigenvalue weighted by Crippen LogP contribution is 2.33. The number of rotatable bonds is 1. The zero-order chi connectivity index (χ0) is 10.1. The van der Waals surface area contributed by atoms with Crippen LogP contribution < -0.4 is 0 Å². The highest BCUT2D eigenvalue weighted by molar-refractivity contribution is 5.07. The van der Waals surface area contributed by atoms with Gasteiger partial charge in [-0.3, -0.25) is 4.90 Å². The molecular weight excluding hydrogens is 178 g/mol. The van der Waals surface area contributed by atoms with Crippen molar-refractivity contribution in [1.82, 2.24) is 4.90 Å². The molecule has 1 aromatic heterocycles. The molecule has 1 aliphatic rings. The minimum Gasteiger partial charge on any atom is -0.469 e. The monoisotopic (exact) mass is 195 g/mol. The van der Waals surface area contributed by atoms with Crippen molar-refractivity contribution in [2.45, 2.75) is 38.0 Å². The SMILES string of the molecule is C[C@@H]1C[C@@H](c2ccco2)C[C@H](O)N1C. The van der Waals surface area contributed by atoms with Gasteiger partial charge in [-0.25, -0.2) is 0 Å². The van der Waals surface area contributed by atoms with E-state index < -0.39 is 0 Å². The fraction of sp³-hybridized carbons (Fsp3) is 0.636. The lowest BCUT2D eigenvalue weighted by Gasteiger charge is -2.38. The summed E-state index contributed by atoms with van der Waals surface area (Å²) in [6.07, 6.45) is 3.19. The molecule has 78 valence electrons. The molecule has 1 aliphatic heterocycles. The Labute approximate surface area is 84.3 Å². The number of aliphatic hydroxyl groups is 1. The molecule has 14 heavy (non-hydrogen) atoms. The van der Waals surface area contributed by atoms with Crippen molar-refractivity contribution in [2.75, 3.05) is 7.05 Å². The molecule has 0 radical (unpaired) electrons. The lowest BCUT2D eigenvalue weighted by atomic mass is 9.89. The van der Waals surface area contributed by atoms with Crippen LogP contribution in [0, 0.1) is 0 Å². The topological polar surface area (TPSA) is 36.6 Å². The molecule has 3 atom stereocenters. The second-order valence-electron chi connectivity index (χ2n) is 4.18. The van der Waals surface area contributed by atoms with Gasteiger partial charge >= 0.3 is 0 Å². The third-order valence-electron chi connectivity index (χ3n) is 3.23. The average Bonchev–Trinajstić information content (AvgIpc) is 2.66. The van der Waals surface area contributed by atoms with Gasteiger partial charge in [0, 0.05) is 12.0 Å². The molecule has 1 N–H and O–H groups in total. The highest BCUT2D eigenvalue weighted by Gasteiger charge is 2.31. The smallest absolute Gasteiger partial charge is 0.108 e. The lowest BCUT2D eigenvalue weighted by molar-refractivity contribution is -0.0433. The highest BCUT2D eigenvalue weighted by atomic mass is 16.3. The summed E-state index contributed by atoms with van der Waals surface area (Å²) in [5, 5.41) is 9.80. The Kier molecular flexibility index (Phi) is 2.61. The molecular formula is C11H17NO2. The molecule has 3 heteroatoms. The van der Waals surface area contributed by atoms with Gasteiger partial charge in [0.05, 0.1) is 6.26 Å². The Bertz CT molecular complexity index is 271. The van der Waals surface area contributed by atoms with E-state index >= 15 is 0 Å². The molecule has 0 amide bonds. The van der Waals surface area contributed by atoms with Crippen molar-refractivity contribution in [3.05, 3.63) is 24.2 Å². The summed E-state index contributed by atoms with van der Waals surface area (Å²) >= 11 is 0. The maximum absolute atomic E-state index is 9.80. The van der Waals surface area contributed by atoms with Gasteiger partial charge < -0.3 is 9.52 Å². The summed E-state index contributed by atoms with van der Waals surface area (Å²) in [7, 11) is 1.97. The maximum Gasteiger partial charge on any atom is 0.108 e. The van der Waals surface area contributed by atoms with Crippen LogP contribution in [0.2, 0.25) is 0 Å². The van der Waals surface area contributed by atoms with Gasteiger partial charge in [0.15, 0.2) is 0 Å². The van der Waals surface area contributed by atoms with Crippen molar-refractivity contribution in [1.29, 1.82) is 0 Å². The van der Waals surface area contributed by atoms with Gasteiger partial charge in [-0.2, -0.15) is 0 Å². The zero-order valence-electron chi connectivity index (χ0n) is 8.68. The summed E-state index contributed by atoms with van der Waals surface area (Å²) in [4.78, 5) is 2.01. The fourth-order valence-corrected chi connectivity index (χ4v) is 2.14. The second-order valence-corrected chi connectivity index (χ2v) is 4.18. The van der Waals surface area contributed by atoms with Crippen LogP contribution in [-0.4, -0.2) is 29.3 Å². The predicted molar refractivity (Wildman–Crippen MR) is 53.9 cm³/mol. The van der Waals surface area contributed by atoms with Crippen LogP contribution in [0.5, 0.6) is 0 Å². The summed E-state index contributed by atoms with van der Waals surface area (Å²) in [6, 6.07) is 4.31. The number of aliphatic hydroxyl groups excluding tert-OH is 1. The van der Waals surface area contributed by atoms with E-state index in [1.54, 1.807) is 6.26 Å². The van der Waals surface area contributed by atoms with Crippen molar-refractivity contribution in [3.63, 3.8) is 0 Å². The second kappa shape index (κ2) is 3.75. The molecule has 0 unspecified atom stereocenters. The molecule has 2 heterocycles. The van der Waals surface area contributed by atoms with Crippen LogP contribution in [0.25, 0.3) is 0 Å². The van der Waals surface area contributed by atoms with E-state index in [4.69, 9.17) is 4.42 Å². The molecule has 2 rings (SSSR count). The Morgan fingerprint density at radius 1 is 1.50 bits per heavy atom. The summed E-state index contributed by atoms with van der Waals surface area (Å²) in [5.41, 5.74) is 0. The first-order chi connectivity index (χ1) is 6.68. The van der Waals surface area contributed by atoms with Crippen LogP contribution in [0.4, 0.5) is 0 Å². The number of hydrogen-bond acceptors (Lipinski definition) is 3. The first-order valence-corrected chi connectivity index (χ1v) is 5.12. The fourth-order valence-electron chi connectivity index (χ4n) is 2.14. The van der Waals surface area contributed by atoms with Crippen molar-refractivity contribution < 1.29 is 9.52 Å². The maximum atomic E-state index is 9.80. The Morgan fingerprint density at radius 3 is 2.86 bits per heavy atom. The summed E-state index contributed by atoms with van der Waals surface area (Å²) in [6.45, 7) is 2.14. The standard InChI is InChI=1S/C11H17NO2/c1-8-6-9(7-11(13)12(8)2)10-4-3-5-14-10/h3-5,8-9,11,13H,6-7H2,1-2H3/t8-,9-,11+/m1/s1. The lowest BCUT2D eigenvalue weighted by Crippen LogP contribution is -2.44. The van der Waals surface area contributed by atoms with E-state index in [-0.39, 0.29) is 6.23 Å². The molecule has 3 nitrogen and oxygen atoms in total. The number of piperidine rings is 1. The minimum absolute atomic E-state index is 0.339. The molecule has 1 saturated heterocycles. The van der Waals surface area contributed by atoms with Crippen molar-refractivity contribution in [3.8, 4) is 0 Å². The number of nitrogens with zero attached hydrogens (tertiary/aromatic N) is 1. The zero-order valence-corrected chi connectivity index (χ0v) is 8.68. The molecule has 0 aliphatic carbocycles. The minimum atomic E-state index is -0.339. The molecule has 0 aromatic carbocycles. The van der Waals surface area contributed by atoms with Gasteiger partial charge in [-0.15, -0.1) is 0 Å². The molecule has 1 fully saturated rings. The van der Waals surface area contributed by atoms with E-state index in [1.807, 2.05) is 24.1 Å². The van der Waals surface area contributed by atoms with E-state index in [0.717, 1.165) is 18.6 Å². The van der Waals surface area contributed by atoms with Crippen molar-refractivity contribution in [2.24, 2.45) is 0 Å². The summed E-state index contributed by atoms with van der Waals surface area (Å²) < 4.78 is 5.38. The number of furan rings is 1. The quantitative estimate of drug-likeness (QED) is 0.742. The van der Waals surface area contributed by atoms with Crippen LogP contribution in [-0.2, 0) is 0 Å². The van der Waals surface area contributed by atoms with E-state index in [1.165, 1.54) is 0 Å². The molecule has 0 bridgehead atoms. The Hall–Kier alpha value is -0.800. The first-order valence-electron chi connectivity index (χ1n) is 5.12. The van der Waals surface area contributed by atoms with Crippen LogP contribution in [0.3, 0.4) is 0 Å².